The molecule has 50 heavy (non-hydrogen) atoms. The molecule has 0 unspecified atom stereocenters. The number of ether oxygens (including phenoxy) is 4. The van der Waals surface area contributed by atoms with E-state index in [-0.39, 0.29) is 43.6 Å². The second kappa shape index (κ2) is 13.0. The number of benzene rings is 1. The number of nitrogens with zero attached hydrogens (tertiary/aromatic N) is 2. The fraction of sp³-hybridized carbons (Fsp3) is 0.676. The number of esters is 2. The van der Waals surface area contributed by atoms with Gasteiger partial charge >= 0.3 is 11.9 Å². The maximum absolute atomic E-state index is 14.7. The summed E-state index contributed by atoms with van der Waals surface area (Å²) in [5, 5.41) is 14.8. The summed E-state index contributed by atoms with van der Waals surface area (Å²) in [6, 6.07) is 5.65. The van der Waals surface area contributed by atoms with Crippen LogP contribution in [-0.4, -0.2) is 107 Å². The zero-order valence-corrected chi connectivity index (χ0v) is 29.5. The number of likely N-dealkylation sites (N-methyl/N-ethyl adjacent to an activating group) is 1. The highest BCUT2D eigenvalue weighted by Crippen LogP contribution is 2.63. The predicted octanol–water partition coefficient (Wildman–Crippen LogP) is 2.49. The third-order valence-corrected chi connectivity index (χ3v) is 10.7. The smallest absolute Gasteiger partial charge is 0.327 e. The first kappa shape index (κ1) is 35.1. The number of amides is 2. The summed E-state index contributed by atoms with van der Waals surface area (Å²) < 4.78 is 25.2. The molecule has 2 N–H and O–H groups in total. The van der Waals surface area contributed by atoms with Crippen LogP contribution in [0.15, 0.2) is 30.3 Å². The standard InChI is InChI=1S/C37H49N3O10/c1-35(2,3)47-28(43)16-14-25(20-41)38-34(45)36-18-26-29-30(49-37(48-29,23-10-11-23)24-12-13-24)32(36)50-40(31(36)33(44)46-26)19-22-8-6-7-21(17-22)9-15-27(42)39(4)5/h6-9,15,17,23-26,29-32,41H,10-14,16,18-20H2,1-5H3,(H,38,45)/t25-,26-,29-,30-,31-,32+,36-/m0/s1. The highest BCUT2D eigenvalue weighted by molar-refractivity contribution is 5.94. The van der Waals surface area contributed by atoms with Crippen LogP contribution in [0.3, 0.4) is 0 Å². The Labute approximate surface area is 292 Å². The minimum absolute atomic E-state index is 0.00615. The molecular weight excluding hydrogens is 646 g/mol. The van der Waals surface area contributed by atoms with Gasteiger partial charge in [-0.3, -0.25) is 24.0 Å². The number of rotatable bonds is 12. The normalized spacial score (nSPS) is 32.0. The number of fused-ring (bicyclic) bond motifs is 4. The first-order valence-electron chi connectivity index (χ1n) is 17.9. The summed E-state index contributed by atoms with van der Waals surface area (Å²) in [7, 11) is 3.36. The lowest BCUT2D eigenvalue weighted by molar-refractivity contribution is -0.235. The number of hydrogen-bond acceptors (Lipinski definition) is 11. The molecule has 6 fully saturated rings. The molecule has 7 rings (SSSR count). The number of hydrogen-bond donors (Lipinski definition) is 2. The zero-order chi connectivity index (χ0) is 35.6. The van der Waals surface area contributed by atoms with E-state index < -0.39 is 77.8 Å². The molecule has 1 aromatic rings. The highest BCUT2D eigenvalue weighted by Gasteiger charge is 2.78. The van der Waals surface area contributed by atoms with Crippen molar-refractivity contribution in [1.29, 1.82) is 0 Å². The lowest BCUT2D eigenvalue weighted by Gasteiger charge is -2.49. The third-order valence-electron chi connectivity index (χ3n) is 10.7. The lowest BCUT2D eigenvalue weighted by atomic mass is 9.62. The molecule has 7 atom stereocenters. The molecular formula is C37H49N3O10. The number of aliphatic hydroxyl groups is 1. The van der Waals surface area contributed by atoms with Crippen molar-refractivity contribution < 1.29 is 48.1 Å². The van der Waals surface area contributed by atoms with E-state index in [1.165, 1.54) is 16.0 Å². The lowest BCUT2D eigenvalue weighted by Crippen LogP contribution is -2.70. The maximum atomic E-state index is 14.7. The molecule has 3 saturated carbocycles. The SMILES string of the molecule is CN(C)C(=O)C=Cc1cccc(CN2O[C@@H]3[C@H]4OC(C5CC5)(C5CC5)O[C@H]4[C@@H]4C[C@]3(C(=O)N[C@H](CO)CCC(=O)OC(C)(C)C)[C@@H]2C(=O)O4)c1. The molecule has 6 aliphatic rings. The van der Waals surface area contributed by atoms with Gasteiger partial charge in [-0.1, -0.05) is 24.3 Å². The topological polar surface area (TPSA) is 153 Å². The van der Waals surface area contributed by atoms with Crippen molar-refractivity contribution in [3.8, 4) is 0 Å². The summed E-state index contributed by atoms with van der Waals surface area (Å²) >= 11 is 0. The van der Waals surface area contributed by atoms with Crippen molar-refractivity contribution in [3.63, 3.8) is 0 Å². The molecule has 3 saturated heterocycles. The van der Waals surface area contributed by atoms with Crippen LogP contribution in [-0.2, 0) is 49.5 Å². The predicted molar refractivity (Wildman–Crippen MR) is 177 cm³/mol. The molecule has 3 heterocycles. The molecule has 3 aliphatic heterocycles. The Bertz CT molecular complexity index is 1540. The highest BCUT2D eigenvalue weighted by atomic mass is 16.8. The molecule has 13 heteroatoms. The number of carbonyl (C=O) groups excluding carboxylic acids is 4. The van der Waals surface area contributed by atoms with Crippen LogP contribution >= 0.6 is 0 Å². The molecule has 0 spiro atoms. The van der Waals surface area contributed by atoms with Crippen LogP contribution < -0.4 is 5.32 Å². The second-order valence-electron chi connectivity index (χ2n) is 15.9. The van der Waals surface area contributed by atoms with E-state index in [4.69, 9.17) is 23.8 Å². The van der Waals surface area contributed by atoms with Gasteiger partial charge < -0.3 is 34.3 Å². The number of hydroxylamine groups is 2. The van der Waals surface area contributed by atoms with E-state index in [0.29, 0.717) is 0 Å². The summed E-state index contributed by atoms with van der Waals surface area (Å²) in [6.07, 6.45) is 4.65. The van der Waals surface area contributed by atoms with Gasteiger partial charge in [0, 0.05) is 44.8 Å². The van der Waals surface area contributed by atoms with Crippen LogP contribution in [0.4, 0.5) is 0 Å². The number of nitrogens with one attached hydrogen (secondary N) is 1. The van der Waals surface area contributed by atoms with E-state index >= 15 is 0 Å². The fourth-order valence-corrected chi connectivity index (χ4v) is 8.17. The van der Waals surface area contributed by atoms with Gasteiger partial charge in [-0.25, -0.2) is 0 Å². The average Bonchev–Trinajstić information content (AvgIpc) is 4.00. The minimum Gasteiger partial charge on any atom is -0.460 e. The van der Waals surface area contributed by atoms with E-state index in [2.05, 4.69) is 5.32 Å². The van der Waals surface area contributed by atoms with E-state index in [1.54, 1.807) is 40.9 Å². The van der Waals surface area contributed by atoms with E-state index in [9.17, 15) is 24.3 Å². The number of carbonyl (C=O) groups is 4. The first-order valence-corrected chi connectivity index (χ1v) is 17.9. The van der Waals surface area contributed by atoms with Crippen molar-refractivity contribution in [2.75, 3.05) is 20.7 Å². The molecule has 3 aliphatic carbocycles. The zero-order valence-electron chi connectivity index (χ0n) is 29.5. The average molecular weight is 696 g/mol. The Kier molecular flexibility index (Phi) is 9.12. The monoisotopic (exact) mass is 695 g/mol. The van der Waals surface area contributed by atoms with Crippen LogP contribution in [0, 0.1) is 17.3 Å². The van der Waals surface area contributed by atoms with Crippen molar-refractivity contribution in [2.45, 2.75) is 120 Å². The van der Waals surface area contributed by atoms with Crippen molar-refractivity contribution in [3.05, 3.63) is 41.5 Å². The summed E-state index contributed by atoms with van der Waals surface area (Å²) in [4.78, 5) is 61.6. The van der Waals surface area contributed by atoms with Gasteiger partial charge in [0.15, 0.2) is 11.8 Å². The van der Waals surface area contributed by atoms with Gasteiger partial charge in [0.1, 0.15) is 35.4 Å². The quantitative estimate of drug-likeness (QED) is 0.245. The summed E-state index contributed by atoms with van der Waals surface area (Å²) in [5.41, 5.74) is -0.495. The van der Waals surface area contributed by atoms with Gasteiger partial charge in [-0.2, -0.15) is 5.06 Å². The Morgan fingerprint density at radius 2 is 1.82 bits per heavy atom. The molecule has 2 amide bonds. The Morgan fingerprint density at radius 1 is 1.12 bits per heavy atom. The Hall–Kier alpha value is -3.36. The van der Waals surface area contributed by atoms with Crippen molar-refractivity contribution in [1.82, 2.24) is 15.3 Å². The van der Waals surface area contributed by atoms with Crippen molar-refractivity contribution >= 4 is 29.8 Å². The fourth-order valence-electron chi connectivity index (χ4n) is 8.17. The van der Waals surface area contributed by atoms with E-state index in [1.807, 2.05) is 24.3 Å². The third kappa shape index (κ3) is 6.47. The van der Waals surface area contributed by atoms with Crippen LogP contribution in [0.5, 0.6) is 0 Å². The summed E-state index contributed by atoms with van der Waals surface area (Å²) in [5.74, 6) is -1.92. The van der Waals surface area contributed by atoms with Crippen LogP contribution in [0.1, 0.15) is 76.8 Å². The molecule has 272 valence electrons. The minimum atomic E-state index is -1.41. The Morgan fingerprint density at radius 3 is 2.46 bits per heavy atom. The van der Waals surface area contributed by atoms with Gasteiger partial charge in [-0.15, -0.1) is 0 Å². The molecule has 0 aromatic heterocycles. The summed E-state index contributed by atoms with van der Waals surface area (Å²) in [6.45, 7) is 5.08. The van der Waals surface area contributed by atoms with Gasteiger partial charge in [0.05, 0.1) is 19.2 Å². The first-order chi connectivity index (χ1) is 23.7. The van der Waals surface area contributed by atoms with Gasteiger partial charge in [0.2, 0.25) is 11.8 Å². The maximum Gasteiger partial charge on any atom is 0.327 e. The molecule has 2 bridgehead atoms. The Balaban J connectivity index is 1.18. The van der Waals surface area contributed by atoms with Crippen LogP contribution in [0.25, 0.3) is 6.08 Å². The number of aliphatic hydroxyl groups excluding tert-OH is 1. The van der Waals surface area contributed by atoms with Gasteiger partial charge in [-0.05, 0) is 70.1 Å². The largest absolute Gasteiger partial charge is 0.460 e. The second-order valence-corrected chi connectivity index (χ2v) is 15.9. The van der Waals surface area contributed by atoms with E-state index in [0.717, 1.165) is 36.8 Å². The molecule has 0 radical (unpaired) electrons. The molecule has 13 nitrogen and oxygen atoms in total. The van der Waals surface area contributed by atoms with Gasteiger partial charge in [0.25, 0.3) is 0 Å². The van der Waals surface area contributed by atoms with Crippen LogP contribution in [0.2, 0.25) is 0 Å². The van der Waals surface area contributed by atoms with Crippen molar-refractivity contribution in [2.24, 2.45) is 17.3 Å². The molecule has 1 aromatic carbocycles.